The van der Waals surface area contributed by atoms with Crippen molar-refractivity contribution in [2.45, 2.75) is 25.4 Å². The van der Waals surface area contributed by atoms with Gasteiger partial charge in [0, 0.05) is 6.42 Å². The number of carbonyl (C=O) groups excluding carboxylic acids is 3. The summed E-state index contributed by atoms with van der Waals surface area (Å²) in [4.78, 5) is 46.1. The Kier molecular flexibility index (Phi) is 8.07. The molecule has 1 rings (SSSR count). The van der Waals surface area contributed by atoms with Crippen molar-refractivity contribution in [3.8, 4) is 0 Å². The summed E-state index contributed by atoms with van der Waals surface area (Å²) in [5.41, 5.74) is 6.09. The number of aliphatic carboxylic acids is 1. The fourth-order valence-corrected chi connectivity index (χ4v) is 2.01. The van der Waals surface area contributed by atoms with Gasteiger partial charge in [0.25, 0.3) is 0 Å². The zero-order chi connectivity index (χ0) is 18.8. The van der Waals surface area contributed by atoms with E-state index in [4.69, 9.17) is 10.8 Å². The Labute approximate surface area is 145 Å². The summed E-state index contributed by atoms with van der Waals surface area (Å²) in [5, 5.41) is 15.7. The molecule has 9 heteroatoms. The maximum atomic E-state index is 12.4. The van der Waals surface area contributed by atoms with Gasteiger partial charge in [-0.15, -0.1) is 0 Å². The van der Waals surface area contributed by atoms with Crippen LogP contribution in [-0.2, 0) is 25.6 Å². The van der Waals surface area contributed by atoms with Gasteiger partial charge in [0.2, 0.25) is 17.7 Å². The SMILES string of the molecule is CC(NC(=O)C(Cc1ccccc1)NC(=O)CN)C(=O)NCC(=O)O. The monoisotopic (exact) mass is 350 g/mol. The van der Waals surface area contributed by atoms with Gasteiger partial charge < -0.3 is 26.8 Å². The average molecular weight is 350 g/mol. The van der Waals surface area contributed by atoms with Gasteiger partial charge in [-0.1, -0.05) is 30.3 Å². The van der Waals surface area contributed by atoms with Crippen LogP contribution in [0.1, 0.15) is 12.5 Å². The number of carboxylic acid groups (broad SMARTS) is 1. The molecule has 0 bridgehead atoms. The summed E-state index contributed by atoms with van der Waals surface area (Å²) in [7, 11) is 0. The molecule has 0 spiro atoms. The minimum atomic E-state index is -1.19. The lowest BCUT2D eigenvalue weighted by Gasteiger charge is -2.21. The largest absolute Gasteiger partial charge is 0.480 e. The Hall–Kier alpha value is -2.94. The molecule has 0 heterocycles. The molecule has 1 aromatic rings. The molecule has 1 aromatic carbocycles. The Morgan fingerprint density at radius 2 is 1.72 bits per heavy atom. The molecular formula is C16H22N4O5. The Balaban J connectivity index is 2.72. The predicted octanol–water partition coefficient (Wildman–Crippen LogP) is -1.62. The van der Waals surface area contributed by atoms with Crippen molar-refractivity contribution in [1.82, 2.24) is 16.0 Å². The van der Waals surface area contributed by atoms with Crippen LogP contribution in [0.15, 0.2) is 30.3 Å². The van der Waals surface area contributed by atoms with Gasteiger partial charge in [-0.2, -0.15) is 0 Å². The Bertz CT molecular complexity index is 620. The summed E-state index contributed by atoms with van der Waals surface area (Å²) < 4.78 is 0. The minimum absolute atomic E-state index is 0.224. The van der Waals surface area contributed by atoms with Crippen LogP contribution in [0, 0.1) is 0 Å². The van der Waals surface area contributed by atoms with Crippen LogP contribution in [0.5, 0.6) is 0 Å². The number of hydrogen-bond acceptors (Lipinski definition) is 5. The van der Waals surface area contributed by atoms with Crippen molar-refractivity contribution in [3.63, 3.8) is 0 Å². The molecule has 0 aliphatic rings. The van der Waals surface area contributed by atoms with Crippen LogP contribution >= 0.6 is 0 Å². The topological polar surface area (TPSA) is 151 Å². The lowest BCUT2D eigenvalue weighted by Crippen LogP contribution is -2.54. The molecule has 0 saturated carbocycles. The Morgan fingerprint density at radius 3 is 2.28 bits per heavy atom. The fraction of sp³-hybridized carbons (Fsp3) is 0.375. The van der Waals surface area contributed by atoms with Gasteiger partial charge in [-0.3, -0.25) is 19.2 Å². The second-order valence-electron chi connectivity index (χ2n) is 5.36. The molecule has 2 unspecified atom stereocenters. The van der Waals surface area contributed by atoms with E-state index in [0.717, 1.165) is 5.56 Å². The first-order chi connectivity index (χ1) is 11.8. The van der Waals surface area contributed by atoms with Crippen LogP contribution in [0.4, 0.5) is 0 Å². The number of amides is 3. The van der Waals surface area contributed by atoms with Crippen molar-refractivity contribution < 1.29 is 24.3 Å². The molecule has 6 N–H and O–H groups in total. The van der Waals surface area contributed by atoms with Gasteiger partial charge >= 0.3 is 5.97 Å². The summed E-state index contributed by atoms with van der Waals surface area (Å²) in [6.07, 6.45) is 0.224. The number of rotatable bonds is 9. The lowest BCUT2D eigenvalue weighted by atomic mass is 10.0. The van der Waals surface area contributed by atoms with Crippen molar-refractivity contribution in [2.75, 3.05) is 13.1 Å². The number of benzene rings is 1. The molecule has 0 fully saturated rings. The number of nitrogens with one attached hydrogen (secondary N) is 3. The highest BCUT2D eigenvalue weighted by atomic mass is 16.4. The van der Waals surface area contributed by atoms with E-state index in [2.05, 4.69) is 16.0 Å². The second kappa shape index (κ2) is 10.0. The predicted molar refractivity (Wildman–Crippen MR) is 89.4 cm³/mol. The third kappa shape index (κ3) is 7.44. The zero-order valence-corrected chi connectivity index (χ0v) is 13.8. The van der Waals surface area contributed by atoms with Gasteiger partial charge in [0.05, 0.1) is 6.54 Å². The quantitative estimate of drug-likeness (QED) is 0.361. The van der Waals surface area contributed by atoms with E-state index in [-0.39, 0.29) is 13.0 Å². The molecule has 0 radical (unpaired) electrons. The maximum absolute atomic E-state index is 12.4. The fourth-order valence-electron chi connectivity index (χ4n) is 2.01. The summed E-state index contributed by atoms with van der Waals surface area (Å²) in [6, 6.07) is 7.17. The van der Waals surface area contributed by atoms with E-state index < -0.39 is 42.3 Å². The van der Waals surface area contributed by atoms with Crippen LogP contribution in [0.3, 0.4) is 0 Å². The first-order valence-electron chi connectivity index (χ1n) is 7.66. The van der Waals surface area contributed by atoms with E-state index in [1.807, 2.05) is 6.07 Å². The van der Waals surface area contributed by atoms with E-state index in [1.165, 1.54) is 6.92 Å². The molecule has 0 aliphatic heterocycles. The third-order valence-corrected chi connectivity index (χ3v) is 3.29. The number of carboxylic acids is 1. The number of nitrogens with two attached hydrogens (primary N) is 1. The van der Waals surface area contributed by atoms with Crippen molar-refractivity contribution in [1.29, 1.82) is 0 Å². The normalized spacial score (nSPS) is 12.6. The van der Waals surface area contributed by atoms with E-state index in [9.17, 15) is 19.2 Å². The van der Waals surface area contributed by atoms with Crippen LogP contribution in [-0.4, -0.2) is 54.0 Å². The van der Waals surface area contributed by atoms with E-state index >= 15 is 0 Å². The molecule has 3 amide bonds. The van der Waals surface area contributed by atoms with Gasteiger partial charge in [-0.25, -0.2) is 0 Å². The molecule has 9 nitrogen and oxygen atoms in total. The zero-order valence-electron chi connectivity index (χ0n) is 13.8. The van der Waals surface area contributed by atoms with Crippen LogP contribution in [0.2, 0.25) is 0 Å². The maximum Gasteiger partial charge on any atom is 0.322 e. The summed E-state index contributed by atoms with van der Waals surface area (Å²) in [5.74, 6) is -2.90. The summed E-state index contributed by atoms with van der Waals surface area (Å²) in [6.45, 7) is 0.600. The number of hydrogen-bond donors (Lipinski definition) is 5. The first kappa shape index (κ1) is 20.1. The molecular weight excluding hydrogens is 328 g/mol. The molecule has 25 heavy (non-hydrogen) atoms. The number of carbonyl (C=O) groups is 4. The average Bonchev–Trinajstić information content (AvgIpc) is 2.59. The van der Waals surface area contributed by atoms with Crippen LogP contribution < -0.4 is 21.7 Å². The first-order valence-corrected chi connectivity index (χ1v) is 7.66. The van der Waals surface area contributed by atoms with Crippen molar-refractivity contribution in [3.05, 3.63) is 35.9 Å². The highest BCUT2D eigenvalue weighted by Gasteiger charge is 2.24. The smallest absolute Gasteiger partial charge is 0.322 e. The second-order valence-corrected chi connectivity index (χ2v) is 5.36. The van der Waals surface area contributed by atoms with Crippen LogP contribution in [0.25, 0.3) is 0 Å². The molecule has 0 aliphatic carbocycles. The van der Waals surface area contributed by atoms with E-state index in [1.54, 1.807) is 24.3 Å². The molecule has 136 valence electrons. The van der Waals surface area contributed by atoms with Crippen molar-refractivity contribution >= 4 is 23.7 Å². The molecule has 0 aromatic heterocycles. The highest BCUT2D eigenvalue weighted by molar-refractivity contribution is 5.93. The standard InChI is InChI=1S/C16H22N4O5/c1-10(15(24)18-9-14(22)23)19-16(25)12(20-13(21)8-17)7-11-5-3-2-4-6-11/h2-6,10,12H,7-9,17H2,1H3,(H,18,24)(H,19,25)(H,20,21)(H,22,23). The third-order valence-electron chi connectivity index (χ3n) is 3.29. The highest BCUT2D eigenvalue weighted by Crippen LogP contribution is 2.04. The summed E-state index contributed by atoms with van der Waals surface area (Å²) >= 11 is 0. The minimum Gasteiger partial charge on any atom is -0.480 e. The molecule has 0 saturated heterocycles. The van der Waals surface area contributed by atoms with Gasteiger partial charge in [0.1, 0.15) is 18.6 Å². The van der Waals surface area contributed by atoms with E-state index in [0.29, 0.717) is 0 Å². The molecule has 2 atom stereocenters. The Morgan fingerprint density at radius 1 is 1.08 bits per heavy atom. The van der Waals surface area contributed by atoms with Gasteiger partial charge in [-0.05, 0) is 12.5 Å². The lowest BCUT2D eigenvalue weighted by molar-refractivity contribution is -0.138. The van der Waals surface area contributed by atoms with Gasteiger partial charge in [0.15, 0.2) is 0 Å². The van der Waals surface area contributed by atoms with Crippen molar-refractivity contribution in [2.24, 2.45) is 5.73 Å².